The van der Waals surface area contributed by atoms with Crippen molar-refractivity contribution in [1.82, 2.24) is 15.6 Å². The van der Waals surface area contributed by atoms with Crippen molar-refractivity contribution in [3.05, 3.63) is 36.0 Å². The summed E-state index contributed by atoms with van der Waals surface area (Å²) in [6.45, 7) is 4.12. The van der Waals surface area contributed by atoms with Gasteiger partial charge in [-0.05, 0) is 31.4 Å². The predicted molar refractivity (Wildman–Crippen MR) is 93.9 cm³/mol. The first-order chi connectivity index (χ1) is 11.5. The van der Waals surface area contributed by atoms with Gasteiger partial charge in [-0.1, -0.05) is 31.5 Å². The van der Waals surface area contributed by atoms with E-state index in [1.165, 1.54) is 0 Å². The van der Waals surface area contributed by atoms with Crippen LogP contribution in [0.5, 0.6) is 0 Å². The van der Waals surface area contributed by atoms with E-state index in [1.807, 2.05) is 31.3 Å². The Kier molecular flexibility index (Phi) is 6.37. The molecule has 1 aromatic carbocycles. The molecule has 0 radical (unpaired) electrons. The quantitative estimate of drug-likeness (QED) is 0.566. The Hall–Kier alpha value is -2.34. The minimum absolute atomic E-state index is 0.183. The fourth-order valence-corrected chi connectivity index (χ4v) is 2.76. The van der Waals surface area contributed by atoms with E-state index >= 15 is 0 Å². The molecule has 1 amide bonds. The van der Waals surface area contributed by atoms with Crippen molar-refractivity contribution in [2.24, 2.45) is 0 Å². The molecule has 2 atom stereocenters. The first kappa shape index (κ1) is 18.0. The predicted octanol–water partition coefficient (Wildman–Crippen LogP) is 2.06. The largest absolute Gasteiger partial charge is 0.480 e. The molecule has 2 unspecified atom stereocenters. The van der Waals surface area contributed by atoms with E-state index < -0.39 is 18.1 Å². The summed E-state index contributed by atoms with van der Waals surface area (Å²) in [5.41, 5.74) is 2.23. The molecule has 0 saturated carbocycles. The molecule has 0 fully saturated rings. The second-order valence-electron chi connectivity index (χ2n) is 5.97. The number of carbonyl (C=O) groups excluding carboxylic acids is 1. The second kappa shape index (κ2) is 8.49. The van der Waals surface area contributed by atoms with E-state index in [2.05, 4.69) is 21.7 Å². The number of benzene rings is 1. The highest BCUT2D eigenvalue weighted by Crippen LogP contribution is 2.17. The number of carbonyl (C=O) groups is 2. The van der Waals surface area contributed by atoms with Crippen LogP contribution in [0.3, 0.4) is 0 Å². The molecule has 2 rings (SSSR count). The van der Waals surface area contributed by atoms with E-state index in [0.717, 1.165) is 29.3 Å². The van der Waals surface area contributed by atoms with Crippen molar-refractivity contribution in [2.75, 3.05) is 6.54 Å². The van der Waals surface area contributed by atoms with Gasteiger partial charge >= 0.3 is 5.97 Å². The summed E-state index contributed by atoms with van der Waals surface area (Å²) >= 11 is 0. The Labute approximate surface area is 141 Å². The molecule has 2 aromatic rings. The number of rotatable bonds is 9. The Bertz CT molecular complexity index is 696. The summed E-state index contributed by atoms with van der Waals surface area (Å²) < 4.78 is 0. The molecular formula is C18H25N3O3. The first-order valence-electron chi connectivity index (χ1n) is 8.34. The van der Waals surface area contributed by atoms with Gasteiger partial charge in [0.25, 0.3) is 0 Å². The van der Waals surface area contributed by atoms with E-state index in [9.17, 15) is 9.59 Å². The van der Waals surface area contributed by atoms with Gasteiger partial charge in [-0.3, -0.25) is 14.9 Å². The molecular weight excluding hydrogens is 306 g/mol. The zero-order chi connectivity index (χ0) is 17.5. The lowest BCUT2D eigenvalue weighted by molar-refractivity contribution is -0.140. The molecule has 0 saturated heterocycles. The van der Waals surface area contributed by atoms with E-state index in [-0.39, 0.29) is 5.91 Å². The number of nitrogens with one attached hydrogen (secondary N) is 3. The lowest BCUT2D eigenvalue weighted by Gasteiger charge is -2.19. The number of fused-ring (bicyclic) bond motifs is 1. The van der Waals surface area contributed by atoms with E-state index in [1.54, 1.807) is 6.92 Å². The Morgan fingerprint density at radius 3 is 2.75 bits per heavy atom. The van der Waals surface area contributed by atoms with Crippen molar-refractivity contribution >= 4 is 22.8 Å². The summed E-state index contributed by atoms with van der Waals surface area (Å²) in [4.78, 5) is 26.5. The molecule has 1 heterocycles. The zero-order valence-corrected chi connectivity index (χ0v) is 14.1. The van der Waals surface area contributed by atoms with Gasteiger partial charge in [0.05, 0.1) is 6.04 Å². The van der Waals surface area contributed by atoms with Crippen molar-refractivity contribution in [3.8, 4) is 0 Å². The van der Waals surface area contributed by atoms with Gasteiger partial charge in [0.15, 0.2) is 0 Å². The number of carboxylic acid groups (broad SMARTS) is 1. The maximum Gasteiger partial charge on any atom is 0.320 e. The minimum atomic E-state index is -0.921. The van der Waals surface area contributed by atoms with Crippen molar-refractivity contribution in [3.63, 3.8) is 0 Å². The molecule has 0 spiro atoms. The summed E-state index contributed by atoms with van der Waals surface area (Å²) in [6, 6.07) is 6.81. The number of aromatic amines is 1. The number of aliphatic carboxylic acids is 1. The van der Waals surface area contributed by atoms with Gasteiger partial charge in [-0.25, -0.2) is 0 Å². The number of H-pyrrole nitrogens is 1. The Morgan fingerprint density at radius 1 is 1.29 bits per heavy atom. The van der Waals surface area contributed by atoms with Crippen LogP contribution in [0.2, 0.25) is 0 Å². The van der Waals surface area contributed by atoms with Crippen LogP contribution in [0.25, 0.3) is 10.9 Å². The number of aromatic nitrogens is 1. The van der Waals surface area contributed by atoms with Crippen LogP contribution in [0, 0.1) is 0 Å². The summed E-state index contributed by atoms with van der Waals surface area (Å²) in [5.74, 6) is -1.10. The molecule has 24 heavy (non-hydrogen) atoms. The lowest BCUT2D eigenvalue weighted by atomic mass is 10.1. The molecule has 4 N–H and O–H groups in total. The van der Waals surface area contributed by atoms with Gasteiger partial charge in [0, 0.05) is 23.6 Å². The van der Waals surface area contributed by atoms with Gasteiger partial charge in [0.1, 0.15) is 6.04 Å². The molecule has 0 aliphatic heterocycles. The maximum atomic E-state index is 12.1. The van der Waals surface area contributed by atoms with E-state index in [4.69, 9.17) is 5.11 Å². The van der Waals surface area contributed by atoms with Gasteiger partial charge in [0.2, 0.25) is 5.91 Å². The number of carboxylic acids is 1. The monoisotopic (exact) mass is 331 g/mol. The standard InChI is InChI=1S/C18H25N3O3/c1-3-6-16(18(23)24)21-12(2)17(22)19-10-9-13-11-20-15-8-5-4-7-14(13)15/h4-5,7-8,11-12,16,20-21H,3,6,9-10H2,1-2H3,(H,19,22)(H,23,24). The van der Waals surface area contributed by atoms with Crippen molar-refractivity contribution in [2.45, 2.75) is 45.2 Å². The molecule has 1 aromatic heterocycles. The van der Waals surface area contributed by atoms with Crippen molar-refractivity contribution < 1.29 is 14.7 Å². The average Bonchev–Trinajstić information content (AvgIpc) is 2.97. The molecule has 6 heteroatoms. The zero-order valence-electron chi connectivity index (χ0n) is 14.1. The Balaban J connectivity index is 1.83. The highest BCUT2D eigenvalue weighted by molar-refractivity contribution is 5.84. The van der Waals surface area contributed by atoms with Crippen molar-refractivity contribution in [1.29, 1.82) is 0 Å². The SMILES string of the molecule is CCCC(NC(C)C(=O)NCCc1c[nH]c2ccccc12)C(=O)O. The van der Waals surface area contributed by atoms with Gasteiger partial charge < -0.3 is 15.4 Å². The van der Waals surface area contributed by atoms with Crippen LogP contribution in [0.15, 0.2) is 30.5 Å². The topological polar surface area (TPSA) is 94.2 Å². The van der Waals surface area contributed by atoms with Crippen LogP contribution in [0.4, 0.5) is 0 Å². The lowest BCUT2D eigenvalue weighted by Crippen LogP contribution is -2.49. The summed E-state index contributed by atoms with van der Waals surface area (Å²) in [5, 5.41) is 16.0. The minimum Gasteiger partial charge on any atom is -0.480 e. The number of amides is 1. The average molecular weight is 331 g/mol. The first-order valence-corrected chi connectivity index (χ1v) is 8.34. The van der Waals surface area contributed by atoms with E-state index in [0.29, 0.717) is 13.0 Å². The smallest absolute Gasteiger partial charge is 0.320 e. The number of hydrogen-bond donors (Lipinski definition) is 4. The third-order valence-corrected chi connectivity index (χ3v) is 4.09. The summed E-state index contributed by atoms with van der Waals surface area (Å²) in [6.07, 6.45) is 3.93. The molecule has 6 nitrogen and oxygen atoms in total. The van der Waals surface area contributed by atoms with Crippen LogP contribution in [-0.4, -0.2) is 40.6 Å². The second-order valence-corrected chi connectivity index (χ2v) is 5.97. The van der Waals surface area contributed by atoms with Crippen LogP contribution in [-0.2, 0) is 16.0 Å². The maximum absolute atomic E-state index is 12.1. The molecule has 0 aliphatic carbocycles. The molecule has 130 valence electrons. The van der Waals surface area contributed by atoms with Crippen LogP contribution < -0.4 is 10.6 Å². The fraction of sp³-hybridized carbons (Fsp3) is 0.444. The highest BCUT2D eigenvalue weighted by atomic mass is 16.4. The van der Waals surface area contributed by atoms with Crippen LogP contribution in [0.1, 0.15) is 32.3 Å². The molecule has 0 bridgehead atoms. The van der Waals surface area contributed by atoms with Crippen LogP contribution >= 0.6 is 0 Å². The number of para-hydroxylation sites is 1. The van der Waals surface area contributed by atoms with Gasteiger partial charge in [-0.15, -0.1) is 0 Å². The van der Waals surface area contributed by atoms with Gasteiger partial charge in [-0.2, -0.15) is 0 Å². The fourth-order valence-electron chi connectivity index (χ4n) is 2.76. The molecule has 0 aliphatic rings. The number of hydrogen-bond acceptors (Lipinski definition) is 3. The normalized spacial score (nSPS) is 13.6. The summed E-state index contributed by atoms with van der Waals surface area (Å²) in [7, 11) is 0. The third kappa shape index (κ3) is 4.58. The third-order valence-electron chi connectivity index (χ3n) is 4.09. The highest BCUT2D eigenvalue weighted by Gasteiger charge is 2.22. The Morgan fingerprint density at radius 2 is 2.04 bits per heavy atom.